The first-order valence-corrected chi connectivity index (χ1v) is 37.3. The predicted molar refractivity (Wildman–Crippen MR) is 451 cm³/mol. The van der Waals surface area contributed by atoms with E-state index in [9.17, 15) is 20.1 Å². The van der Waals surface area contributed by atoms with Gasteiger partial charge >= 0.3 is 0 Å². The van der Waals surface area contributed by atoms with Crippen molar-refractivity contribution < 1.29 is 29.8 Å². The summed E-state index contributed by atoms with van der Waals surface area (Å²) in [5.41, 5.74) is 22.3. The number of phenolic OH excluding ortho intramolecular Hbond substituents is 3. The lowest BCUT2D eigenvalue weighted by Gasteiger charge is -2.25. The lowest BCUT2D eigenvalue weighted by molar-refractivity contribution is 0.102. The van der Waals surface area contributed by atoms with Crippen LogP contribution in [-0.2, 0) is 42.2 Å². The average Bonchev–Trinajstić information content (AvgIpc) is 1.42. The van der Waals surface area contributed by atoms with Crippen molar-refractivity contribution in [2.75, 3.05) is 21.2 Å². The number of hydrogen-bond donors (Lipinski definition) is 9. The minimum absolute atomic E-state index is 0.0255. The maximum atomic E-state index is 14.3. The van der Waals surface area contributed by atoms with Crippen molar-refractivity contribution in [1.82, 2.24) is 15.0 Å². The number of amides is 1. The van der Waals surface area contributed by atoms with Gasteiger partial charge in [-0.2, -0.15) is 15.3 Å². The zero-order valence-corrected chi connectivity index (χ0v) is 61.2. The summed E-state index contributed by atoms with van der Waals surface area (Å²) in [4.78, 5) is 39.4. The van der Waals surface area contributed by atoms with Gasteiger partial charge in [0.15, 0.2) is 5.75 Å². The van der Waals surface area contributed by atoms with Crippen LogP contribution >= 0.6 is 0 Å². The fourth-order valence-corrected chi connectivity index (χ4v) is 15.3. The maximum absolute atomic E-state index is 14.3. The van der Waals surface area contributed by atoms with Gasteiger partial charge in [0.2, 0.25) is 0 Å². The van der Waals surface area contributed by atoms with Gasteiger partial charge in [0.05, 0.1) is 50.6 Å². The normalized spacial score (nSPS) is 12.0. The minimum Gasteiger partial charge on any atom is -0.505 e. The summed E-state index contributed by atoms with van der Waals surface area (Å²) in [5.74, 6) is -0.951. The first-order valence-electron chi connectivity index (χ1n) is 37.3. The second-order valence-corrected chi connectivity index (χ2v) is 27.6. The molecule has 0 bridgehead atoms. The number of aromatic hydroxyl groups is 3. The SMILES string of the molecule is CCc1ccccc1NOCc1cc2ccc3c4ccccc4[nH]c3c2c(N=Nc2ccc(N(c3ccc(N=Nc4c(O)c(CONc5ccccc5CC)cc5ccc6c7ccccc7[nH]c6c45)cc3)c3ccc(N=Nc4c(O)c(C(=O)Nc5ccccc5CC)cc5ccc6c7ccccc7[nH]c6c45)cc3)cc2)c1O. The van der Waals surface area contributed by atoms with Crippen molar-refractivity contribution in [3.05, 3.63) is 306 Å². The van der Waals surface area contributed by atoms with Crippen LogP contribution in [-0.4, -0.2) is 36.2 Å². The van der Waals surface area contributed by atoms with Crippen molar-refractivity contribution in [2.24, 2.45) is 30.7 Å². The molecule has 112 heavy (non-hydrogen) atoms. The molecule has 19 heteroatoms. The number of fused-ring (bicyclic) bond motifs is 15. The summed E-state index contributed by atoms with van der Waals surface area (Å²) in [6.07, 6.45) is 2.31. The highest BCUT2D eigenvalue weighted by Gasteiger charge is 2.25. The molecule has 546 valence electrons. The van der Waals surface area contributed by atoms with E-state index >= 15 is 0 Å². The molecule has 0 aliphatic rings. The van der Waals surface area contributed by atoms with Crippen molar-refractivity contribution in [3.8, 4) is 17.2 Å². The number of benzene rings is 15. The highest BCUT2D eigenvalue weighted by molar-refractivity contribution is 6.24. The van der Waals surface area contributed by atoms with Gasteiger partial charge < -0.3 is 40.5 Å². The zero-order chi connectivity index (χ0) is 75.9. The van der Waals surface area contributed by atoms with Crippen LogP contribution in [0, 0.1) is 0 Å². The fourth-order valence-electron chi connectivity index (χ4n) is 15.3. The van der Waals surface area contributed by atoms with Crippen LogP contribution in [0.2, 0.25) is 0 Å². The van der Waals surface area contributed by atoms with E-state index in [2.05, 4.69) is 74.2 Å². The van der Waals surface area contributed by atoms with E-state index in [0.717, 1.165) is 134 Å². The Labute approximate surface area is 641 Å². The molecule has 0 aliphatic carbocycles. The lowest BCUT2D eigenvalue weighted by Crippen LogP contribution is -2.13. The third-order valence-electron chi connectivity index (χ3n) is 21.0. The lowest BCUT2D eigenvalue weighted by atomic mass is 10.00. The Bertz CT molecular complexity index is 6550. The fraction of sp³-hybridized carbons (Fsp3) is 0.0860. The number of para-hydroxylation sites is 6. The van der Waals surface area contributed by atoms with Crippen LogP contribution in [0.15, 0.2) is 304 Å². The van der Waals surface area contributed by atoms with Crippen LogP contribution in [0.5, 0.6) is 17.2 Å². The van der Waals surface area contributed by atoms with E-state index in [1.165, 1.54) is 0 Å². The van der Waals surface area contributed by atoms with Gasteiger partial charge in [0, 0.05) is 98.9 Å². The number of H-pyrrole nitrogens is 3. The van der Waals surface area contributed by atoms with Gasteiger partial charge in [-0.15, -0.1) is 15.3 Å². The Balaban J connectivity index is 0.714. The maximum Gasteiger partial charge on any atom is 0.259 e. The van der Waals surface area contributed by atoms with Gasteiger partial charge in [-0.25, -0.2) is 0 Å². The molecule has 0 unspecified atom stereocenters. The first-order chi connectivity index (χ1) is 55.0. The van der Waals surface area contributed by atoms with Crippen molar-refractivity contribution >= 4 is 172 Å². The molecule has 9 N–H and O–H groups in total. The number of anilines is 6. The van der Waals surface area contributed by atoms with Crippen LogP contribution in [0.25, 0.3) is 97.7 Å². The van der Waals surface area contributed by atoms with Crippen molar-refractivity contribution in [3.63, 3.8) is 0 Å². The minimum atomic E-state index is -0.492. The third kappa shape index (κ3) is 12.9. The molecule has 19 nitrogen and oxygen atoms in total. The summed E-state index contributed by atoms with van der Waals surface area (Å²) >= 11 is 0. The van der Waals surface area contributed by atoms with Gasteiger partial charge in [-0.3, -0.25) is 25.4 Å². The molecule has 0 aliphatic heterocycles. The van der Waals surface area contributed by atoms with E-state index in [1.54, 1.807) is 6.07 Å². The molecular formula is C93H73N13O6. The molecule has 18 rings (SSSR count). The molecule has 3 aromatic heterocycles. The molecule has 15 aromatic carbocycles. The Morgan fingerprint density at radius 1 is 0.348 bits per heavy atom. The number of nitrogens with zero attached hydrogens (tertiary/aromatic N) is 7. The van der Waals surface area contributed by atoms with Gasteiger partial charge in [0.1, 0.15) is 41.8 Å². The zero-order valence-electron chi connectivity index (χ0n) is 61.2. The molecule has 0 saturated carbocycles. The first kappa shape index (κ1) is 69.2. The molecule has 0 radical (unpaired) electrons. The quantitative estimate of drug-likeness (QED) is 0.0231. The Kier molecular flexibility index (Phi) is 18.3. The van der Waals surface area contributed by atoms with E-state index in [0.29, 0.717) is 61.8 Å². The smallest absolute Gasteiger partial charge is 0.259 e. The number of aryl methyl sites for hydroxylation is 3. The summed E-state index contributed by atoms with van der Waals surface area (Å²) in [5, 5.41) is 79.5. The van der Waals surface area contributed by atoms with E-state index < -0.39 is 5.91 Å². The van der Waals surface area contributed by atoms with E-state index in [4.69, 9.17) is 40.4 Å². The Hall–Kier alpha value is -14.5. The number of aromatic nitrogens is 3. The molecule has 18 aromatic rings. The topological polar surface area (TPSA) is 257 Å². The van der Waals surface area contributed by atoms with Crippen LogP contribution < -0.4 is 21.2 Å². The molecule has 0 saturated heterocycles. The molecule has 0 spiro atoms. The van der Waals surface area contributed by atoms with Gasteiger partial charge in [-0.05, 0) is 180 Å². The summed E-state index contributed by atoms with van der Waals surface area (Å²) in [6, 6.07) is 88.3. The van der Waals surface area contributed by atoms with Crippen LogP contribution in [0.1, 0.15) is 58.9 Å². The second kappa shape index (κ2) is 29.6. The summed E-state index contributed by atoms with van der Waals surface area (Å²) in [7, 11) is 0. The van der Waals surface area contributed by atoms with Crippen molar-refractivity contribution in [2.45, 2.75) is 53.2 Å². The number of phenols is 3. The number of carbonyl (C=O) groups excluding carboxylic acids is 1. The number of rotatable bonds is 22. The number of nitrogens with one attached hydrogen (secondary N) is 6. The van der Waals surface area contributed by atoms with Gasteiger partial charge in [-0.1, -0.05) is 166 Å². The summed E-state index contributed by atoms with van der Waals surface area (Å²) in [6.45, 7) is 6.25. The molecule has 3 heterocycles. The summed E-state index contributed by atoms with van der Waals surface area (Å²) < 4.78 is 0. The Morgan fingerprint density at radius 2 is 0.679 bits per heavy atom. The number of hydrogen-bond acceptors (Lipinski definition) is 15. The van der Waals surface area contributed by atoms with Crippen molar-refractivity contribution in [1.29, 1.82) is 0 Å². The number of azo groups is 3. The van der Waals surface area contributed by atoms with Crippen LogP contribution in [0.3, 0.4) is 0 Å². The van der Waals surface area contributed by atoms with E-state index in [-0.39, 0.29) is 53.1 Å². The highest BCUT2D eigenvalue weighted by Crippen LogP contribution is 2.49. The molecule has 0 fully saturated rings. The predicted octanol–water partition coefficient (Wildman–Crippen LogP) is 25.9. The number of aromatic amines is 3. The number of carbonyl (C=O) groups is 1. The Morgan fingerprint density at radius 3 is 1.06 bits per heavy atom. The average molecular weight is 1470 g/mol. The second-order valence-electron chi connectivity index (χ2n) is 27.6. The molecular weight excluding hydrogens is 1400 g/mol. The van der Waals surface area contributed by atoms with Gasteiger partial charge in [0.25, 0.3) is 5.91 Å². The largest absolute Gasteiger partial charge is 0.505 e. The third-order valence-corrected chi connectivity index (χ3v) is 21.0. The van der Waals surface area contributed by atoms with Crippen LogP contribution in [0.4, 0.5) is 68.2 Å². The monoisotopic (exact) mass is 1470 g/mol. The van der Waals surface area contributed by atoms with E-state index in [1.807, 2.05) is 250 Å². The standard InChI is InChI=1S/C93H73N13O6/c1-4-54-19-7-13-25-75(54)97-93(110)74-51-59-33-48-73-70-24-12-18-30-80(70)96-86(73)83(59)89(92(74)109)103-100-64-38-44-67(45-39-64)106(65-40-34-62(35-41-65)98-101-87-81-57(31-46-71-68-22-10-16-28-78(68)94-84(71)81)49-60(90(87)107)52-111-104-76-26-14-8-20-55(76)5-2)66-42-36-63(37-43-66)99-102-88-82-58(32-47-72-69-23-11-17-29-79(69)95-85(72)82)50-61(91(88)108)53-112-105-77-27-15-9-21-56(77)6-3/h7-51,94-96,104-105,107-109H,4-6,52-53H2,1-3H3,(H,97,110). The molecule has 1 amide bonds. The highest BCUT2D eigenvalue weighted by atomic mass is 16.6. The molecule has 0 atom stereocenters.